The molecule has 0 aromatic carbocycles. The lowest BCUT2D eigenvalue weighted by molar-refractivity contribution is 0.404. The molecule has 0 bridgehead atoms. The van der Waals surface area contributed by atoms with Crippen LogP contribution in [0.5, 0.6) is 0 Å². The molecule has 1 aliphatic rings. The van der Waals surface area contributed by atoms with Crippen molar-refractivity contribution in [1.82, 2.24) is 4.98 Å². The van der Waals surface area contributed by atoms with Gasteiger partial charge in [-0.05, 0) is 24.8 Å². The number of aromatic nitrogens is 1. The first-order valence-electron chi connectivity index (χ1n) is 6.25. The first-order chi connectivity index (χ1) is 8.22. The molecule has 4 heteroatoms. The van der Waals surface area contributed by atoms with E-state index in [1.807, 2.05) is 12.3 Å². The number of amidine groups is 1. The van der Waals surface area contributed by atoms with Crippen LogP contribution in [0.15, 0.2) is 18.5 Å². The van der Waals surface area contributed by atoms with Crippen LogP contribution < -0.4 is 10.6 Å². The second kappa shape index (κ2) is 5.17. The molecule has 3 N–H and O–H groups in total. The second-order valence-corrected chi connectivity index (χ2v) is 4.67. The zero-order valence-electron chi connectivity index (χ0n) is 10.3. The normalized spacial score (nSPS) is 20.3. The fourth-order valence-electron chi connectivity index (χ4n) is 2.48. The third-order valence-electron chi connectivity index (χ3n) is 3.53. The quantitative estimate of drug-likeness (QED) is 0.618. The molecule has 0 aliphatic carbocycles. The summed E-state index contributed by atoms with van der Waals surface area (Å²) in [6.45, 7) is 4.34. The smallest absolute Gasteiger partial charge is 0.125 e. The van der Waals surface area contributed by atoms with Crippen molar-refractivity contribution in [2.45, 2.75) is 26.2 Å². The summed E-state index contributed by atoms with van der Waals surface area (Å²) in [5.74, 6) is 0.879. The number of hydrogen-bond donors (Lipinski definition) is 2. The number of nitrogen functional groups attached to an aromatic ring is 1. The van der Waals surface area contributed by atoms with Gasteiger partial charge >= 0.3 is 0 Å². The molecular formula is C13H20N4. The number of pyridine rings is 1. The Bertz CT molecular complexity index is 402. The van der Waals surface area contributed by atoms with Gasteiger partial charge in [-0.2, -0.15) is 0 Å². The summed E-state index contributed by atoms with van der Waals surface area (Å²) in [4.78, 5) is 6.48. The molecule has 92 valence electrons. The van der Waals surface area contributed by atoms with E-state index in [9.17, 15) is 0 Å². The van der Waals surface area contributed by atoms with Gasteiger partial charge in [-0.3, -0.25) is 10.4 Å². The van der Waals surface area contributed by atoms with E-state index in [0.29, 0.717) is 0 Å². The van der Waals surface area contributed by atoms with Crippen LogP contribution in [0, 0.1) is 11.3 Å². The van der Waals surface area contributed by atoms with E-state index in [4.69, 9.17) is 11.1 Å². The molecule has 1 aromatic heterocycles. The van der Waals surface area contributed by atoms with Crippen LogP contribution in [0.2, 0.25) is 0 Å². The van der Waals surface area contributed by atoms with Crippen molar-refractivity contribution < 1.29 is 0 Å². The molecule has 1 unspecified atom stereocenters. The lowest BCUT2D eigenvalue weighted by Crippen LogP contribution is -2.36. The number of hydrogen-bond acceptors (Lipinski definition) is 3. The molecule has 1 fully saturated rings. The van der Waals surface area contributed by atoms with Crippen molar-refractivity contribution >= 4 is 11.5 Å². The summed E-state index contributed by atoms with van der Waals surface area (Å²) in [6, 6.07) is 1.83. The van der Waals surface area contributed by atoms with Crippen LogP contribution in [0.4, 0.5) is 5.69 Å². The maximum absolute atomic E-state index is 7.61. The van der Waals surface area contributed by atoms with Crippen LogP contribution >= 0.6 is 0 Å². The zero-order chi connectivity index (χ0) is 12.3. The molecule has 0 spiro atoms. The summed E-state index contributed by atoms with van der Waals surface area (Å²) in [5.41, 5.74) is 7.43. The Morgan fingerprint density at radius 2 is 2.47 bits per heavy atom. The third-order valence-corrected chi connectivity index (χ3v) is 3.53. The lowest BCUT2D eigenvalue weighted by Gasteiger charge is -2.34. The zero-order valence-corrected chi connectivity index (χ0v) is 10.3. The van der Waals surface area contributed by atoms with Gasteiger partial charge in [0.05, 0.1) is 11.9 Å². The molecule has 0 saturated carbocycles. The molecule has 0 amide bonds. The van der Waals surface area contributed by atoms with Crippen molar-refractivity contribution in [3.05, 3.63) is 24.0 Å². The Hall–Kier alpha value is -1.58. The predicted octanol–water partition coefficient (Wildman–Crippen LogP) is 1.99. The highest BCUT2D eigenvalue weighted by Crippen LogP contribution is 2.26. The lowest BCUT2D eigenvalue weighted by atomic mass is 9.95. The van der Waals surface area contributed by atoms with Gasteiger partial charge in [0.15, 0.2) is 0 Å². The molecule has 17 heavy (non-hydrogen) atoms. The highest BCUT2D eigenvalue weighted by molar-refractivity contribution is 6.00. The fourth-order valence-corrected chi connectivity index (χ4v) is 2.48. The number of anilines is 1. The Morgan fingerprint density at radius 3 is 3.18 bits per heavy atom. The van der Waals surface area contributed by atoms with Crippen LogP contribution in [0.25, 0.3) is 0 Å². The largest absolute Gasteiger partial charge is 0.384 e. The standard InChI is InChI=1S/C13H20N4/c1-2-10-4-3-7-17(9-10)12-8-16-6-5-11(12)13(14)15/h5-6,8,10H,2-4,7,9H2,1H3,(H3,14,15). The Labute approximate surface area is 102 Å². The van der Waals surface area contributed by atoms with Gasteiger partial charge < -0.3 is 10.6 Å². The third kappa shape index (κ3) is 2.57. The van der Waals surface area contributed by atoms with Crippen LogP contribution in [-0.4, -0.2) is 23.9 Å². The number of piperidine rings is 1. The van der Waals surface area contributed by atoms with Crippen molar-refractivity contribution in [3.8, 4) is 0 Å². The second-order valence-electron chi connectivity index (χ2n) is 4.67. The minimum Gasteiger partial charge on any atom is -0.384 e. The van der Waals surface area contributed by atoms with Gasteiger partial charge in [0.2, 0.25) is 0 Å². The maximum atomic E-state index is 7.61. The monoisotopic (exact) mass is 232 g/mol. The molecule has 0 radical (unpaired) electrons. The summed E-state index contributed by atoms with van der Waals surface area (Å²) < 4.78 is 0. The van der Waals surface area contributed by atoms with E-state index < -0.39 is 0 Å². The van der Waals surface area contributed by atoms with E-state index in [0.717, 1.165) is 30.3 Å². The van der Waals surface area contributed by atoms with E-state index in [-0.39, 0.29) is 5.84 Å². The van der Waals surface area contributed by atoms with Gasteiger partial charge in [-0.1, -0.05) is 13.3 Å². The number of nitrogens with two attached hydrogens (primary N) is 1. The van der Waals surface area contributed by atoms with Gasteiger partial charge in [-0.15, -0.1) is 0 Å². The first kappa shape index (κ1) is 11.9. The maximum Gasteiger partial charge on any atom is 0.125 e. The Kier molecular flexibility index (Phi) is 3.61. The first-order valence-corrected chi connectivity index (χ1v) is 6.25. The van der Waals surface area contributed by atoms with Crippen LogP contribution in [0.1, 0.15) is 31.7 Å². The highest BCUT2D eigenvalue weighted by atomic mass is 15.1. The van der Waals surface area contributed by atoms with Crippen LogP contribution in [-0.2, 0) is 0 Å². The van der Waals surface area contributed by atoms with Gasteiger partial charge in [0.1, 0.15) is 5.84 Å². The Morgan fingerprint density at radius 1 is 1.65 bits per heavy atom. The van der Waals surface area contributed by atoms with E-state index >= 15 is 0 Å². The van der Waals surface area contributed by atoms with Crippen molar-refractivity contribution in [3.63, 3.8) is 0 Å². The molecule has 1 atom stereocenters. The summed E-state index contributed by atoms with van der Waals surface area (Å²) in [5, 5.41) is 7.61. The van der Waals surface area contributed by atoms with E-state index in [1.165, 1.54) is 19.3 Å². The summed E-state index contributed by atoms with van der Waals surface area (Å²) in [6.07, 6.45) is 7.26. The molecule has 2 heterocycles. The van der Waals surface area contributed by atoms with Crippen molar-refractivity contribution in [1.29, 1.82) is 5.41 Å². The minimum absolute atomic E-state index is 0.126. The molecule has 1 saturated heterocycles. The molecular weight excluding hydrogens is 212 g/mol. The number of rotatable bonds is 3. The van der Waals surface area contributed by atoms with Crippen molar-refractivity contribution in [2.24, 2.45) is 11.7 Å². The molecule has 1 aliphatic heterocycles. The topological polar surface area (TPSA) is 66.0 Å². The number of nitrogens with zero attached hydrogens (tertiary/aromatic N) is 2. The summed E-state index contributed by atoms with van der Waals surface area (Å²) >= 11 is 0. The van der Waals surface area contributed by atoms with Crippen molar-refractivity contribution in [2.75, 3.05) is 18.0 Å². The average molecular weight is 232 g/mol. The van der Waals surface area contributed by atoms with Gasteiger partial charge in [-0.25, -0.2) is 0 Å². The fraction of sp³-hybridized carbons (Fsp3) is 0.538. The average Bonchev–Trinajstić information content (AvgIpc) is 2.39. The molecule has 2 rings (SSSR count). The van der Waals surface area contributed by atoms with E-state index in [2.05, 4.69) is 16.8 Å². The highest BCUT2D eigenvalue weighted by Gasteiger charge is 2.21. The molecule has 4 nitrogen and oxygen atoms in total. The molecule has 1 aromatic rings. The SMILES string of the molecule is CCC1CCCN(c2cnccc2C(=N)N)C1. The summed E-state index contributed by atoms with van der Waals surface area (Å²) in [7, 11) is 0. The van der Waals surface area contributed by atoms with E-state index in [1.54, 1.807) is 6.20 Å². The minimum atomic E-state index is 0.126. The Balaban J connectivity index is 2.24. The predicted molar refractivity (Wildman–Crippen MR) is 70.5 cm³/mol. The van der Waals surface area contributed by atoms with Gasteiger partial charge in [0, 0.05) is 24.8 Å². The van der Waals surface area contributed by atoms with Gasteiger partial charge in [0.25, 0.3) is 0 Å². The number of nitrogens with one attached hydrogen (secondary N) is 1. The van der Waals surface area contributed by atoms with Crippen LogP contribution in [0.3, 0.4) is 0 Å².